The zero-order valence-electron chi connectivity index (χ0n) is 10.0. The molecule has 0 spiro atoms. The minimum absolute atomic E-state index is 0.340. The van der Waals surface area contributed by atoms with Crippen LogP contribution in [0.15, 0.2) is 18.2 Å². The van der Waals surface area contributed by atoms with E-state index in [1.54, 1.807) is 25.1 Å². The highest BCUT2D eigenvalue weighted by atomic mass is 16.5. The Morgan fingerprint density at radius 3 is 2.41 bits per heavy atom. The smallest absolute Gasteiger partial charge is 0.344 e. The Labute approximate surface area is 99.6 Å². The lowest BCUT2D eigenvalue weighted by Crippen LogP contribution is -2.23. The molecule has 0 bridgehead atoms. The van der Waals surface area contributed by atoms with Crippen molar-refractivity contribution < 1.29 is 24.5 Å². The van der Waals surface area contributed by atoms with Gasteiger partial charge in [-0.15, -0.1) is 0 Å². The van der Waals surface area contributed by atoms with Crippen LogP contribution in [0, 0.1) is 0 Å². The zero-order chi connectivity index (χ0) is 13.0. The molecule has 0 saturated carbocycles. The van der Waals surface area contributed by atoms with Gasteiger partial charge < -0.3 is 19.7 Å². The van der Waals surface area contributed by atoms with Crippen LogP contribution in [0.5, 0.6) is 11.5 Å². The third kappa shape index (κ3) is 3.35. The van der Waals surface area contributed by atoms with Crippen molar-refractivity contribution in [1.29, 1.82) is 0 Å². The van der Waals surface area contributed by atoms with Crippen LogP contribution in [0.3, 0.4) is 0 Å². The lowest BCUT2D eigenvalue weighted by molar-refractivity contribution is -0.144. The van der Waals surface area contributed by atoms with Crippen molar-refractivity contribution in [2.45, 2.75) is 26.1 Å². The Hall–Kier alpha value is -1.75. The van der Waals surface area contributed by atoms with Gasteiger partial charge in [-0.25, -0.2) is 4.79 Å². The number of carboxylic acid groups (broad SMARTS) is 1. The van der Waals surface area contributed by atoms with Crippen LogP contribution in [0.25, 0.3) is 0 Å². The minimum Gasteiger partial charge on any atom is -0.493 e. The van der Waals surface area contributed by atoms with Crippen LogP contribution in [0.1, 0.15) is 25.5 Å². The summed E-state index contributed by atoms with van der Waals surface area (Å²) in [6.07, 6.45) is -1.57. The first kappa shape index (κ1) is 13.3. The van der Waals surface area contributed by atoms with Gasteiger partial charge in [0.2, 0.25) is 0 Å². The fourth-order valence-electron chi connectivity index (χ4n) is 1.28. The highest BCUT2D eigenvalue weighted by molar-refractivity contribution is 5.72. The van der Waals surface area contributed by atoms with Crippen LogP contribution in [-0.2, 0) is 4.79 Å². The van der Waals surface area contributed by atoms with E-state index in [2.05, 4.69) is 0 Å². The molecule has 2 N–H and O–H groups in total. The molecule has 0 aliphatic heterocycles. The molecule has 0 aliphatic carbocycles. The van der Waals surface area contributed by atoms with Crippen molar-refractivity contribution in [1.82, 2.24) is 0 Å². The molecule has 94 valence electrons. The van der Waals surface area contributed by atoms with E-state index in [-0.39, 0.29) is 0 Å². The van der Waals surface area contributed by atoms with Gasteiger partial charge in [-0.2, -0.15) is 0 Å². The Morgan fingerprint density at radius 2 is 1.94 bits per heavy atom. The molecular weight excluding hydrogens is 224 g/mol. The van der Waals surface area contributed by atoms with Gasteiger partial charge in [-0.3, -0.25) is 0 Å². The summed E-state index contributed by atoms with van der Waals surface area (Å²) in [5, 5.41) is 18.2. The minimum atomic E-state index is -1.05. The molecule has 2 atom stereocenters. The second kappa shape index (κ2) is 5.54. The predicted octanol–water partition coefficient (Wildman–Crippen LogP) is 1.60. The monoisotopic (exact) mass is 240 g/mol. The zero-order valence-corrected chi connectivity index (χ0v) is 10.0. The molecule has 1 aromatic carbocycles. The van der Waals surface area contributed by atoms with Crippen molar-refractivity contribution in [2.24, 2.45) is 0 Å². The normalized spacial score (nSPS) is 13.9. The first-order chi connectivity index (χ1) is 7.95. The summed E-state index contributed by atoms with van der Waals surface area (Å²) in [6.45, 7) is 3.07. The second-order valence-corrected chi connectivity index (χ2v) is 3.68. The quantitative estimate of drug-likeness (QED) is 0.817. The summed E-state index contributed by atoms with van der Waals surface area (Å²) in [5.41, 5.74) is 0.678. The van der Waals surface area contributed by atoms with E-state index in [1.807, 2.05) is 0 Å². The predicted molar refractivity (Wildman–Crippen MR) is 61.4 cm³/mol. The van der Waals surface area contributed by atoms with Gasteiger partial charge in [-0.1, -0.05) is 6.07 Å². The van der Waals surface area contributed by atoms with Gasteiger partial charge >= 0.3 is 5.97 Å². The highest BCUT2D eigenvalue weighted by Gasteiger charge is 2.16. The number of carbonyl (C=O) groups is 1. The van der Waals surface area contributed by atoms with Crippen molar-refractivity contribution in [2.75, 3.05) is 7.11 Å². The summed E-state index contributed by atoms with van der Waals surface area (Å²) in [7, 11) is 1.46. The first-order valence-electron chi connectivity index (χ1n) is 5.21. The van der Waals surface area contributed by atoms with E-state index in [4.69, 9.17) is 14.6 Å². The van der Waals surface area contributed by atoms with Crippen molar-refractivity contribution in [3.05, 3.63) is 23.8 Å². The lowest BCUT2D eigenvalue weighted by Gasteiger charge is -2.15. The van der Waals surface area contributed by atoms with Gasteiger partial charge in [0.25, 0.3) is 0 Å². The molecule has 0 radical (unpaired) electrons. The van der Waals surface area contributed by atoms with Crippen LogP contribution < -0.4 is 9.47 Å². The van der Waals surface area contributed by atoms with Gasteiger partial charge in [0.15, 0.2) is 17.6 Å². The third-order valence-electron chi connectivity index (χ3n) is 2.32. The van der Waals surface area contributed by atoms with E-state index >= 15 is 0 Å². The van der Waals surface area contributed by atoms with E-state index in [1.165, 1.54) is 14.0 Å². The topological polar surface area (TPSA) is 76.0 Å². The van der Waals surface area contributed by atoms with Gasteiger partial charge in [0, 0.05) is 0 Å². The molecule has 0 aliphatic rings. The molecule has 0 heterocycles. The van der Waals surface area contributed by atoms with Gasteiger partial charge in [0.05, 0.1) is 13.2 Å². The molecule has 2 unspecified atom stereocenters. The average molecular weight is 240 g/mol. The maximum atomic E-state index is 10.7. The molecule has 1 aromatic rings. The summed E-state index contributed by atoms with van der Waals surface area (Å²) in [6, 6.07) is 4.87. The Bertz CT molecular complexity index is 400. The fourth-order valence-corrected chi connectivity index (χ4v) is 1.28. The van der Waals surface area contributed by atoms with Crippen molar-refractivity contribution >= 4 is 5.97 Å². The highest BCUT2D eigenvalue weighted by Crippen LogP contribution is 2.30. The van der Waals surface area contributed by atoms with Crippen LogP contribution >= 0.6 is 0 Å². The summed E-state index contributed by atoms with van der Waals surface area (Å²) in [5.74, 6) is -0.310. The number of rotatable bonds is 5. The SMILES string of the molecule is COc1cc(C(C)O)ccc1OC(C)C(=O)O. The molecule has 1 rings (SSSR count). The number of hydrogen-bond acceptors (Lipinski definition) is 4. The first-order valence-corrected chi connectivity index (χ1v) is 5.21. The van der Waals surface area contributed by atoms with E-state index in [9.17, 15) is 9.90 Å². The molecule has 0 aromatic heterocycles. The van der Waals surface area contributed by atoms with Crippen molar-refractivity contribution in [3.8, 4) is 11.5 Å². The number of aliphatic carboxylic acids is 1. The fraction of sp³-hybridized carbons (Fsp3) is 0.417. The van der Waals surface area contributed by atoms with E-state index < -0.39 is 18.2 Å². The second-order valence-electron chi connectivity index (χ2n) is 3.68. The van der Waals surface area contributed by atoms with Gasteiger partial charge in [-0.05, 0) is 31.5 Å². The Morgan fingerprint density at radius 1 is 1.29 bits per heavy atom. The third-order valence-corrected chi connectivity index (χ3v) is 2.32. The molecule has 0 saturated heterocycles. The number of aliphatic hydroxyl groups excluding tert-OH is 1. The van der Waals surface area contributed by atoms with Crippen LogP contribution in [-0.4, -0.2) is 29.4 Å². The number of ether oxygens (including phenoxy) is 2. The number of hydrogen-bond donors (Lipinski definition) is 2. The lowest BCUT2D eigenvalue weighted by atomic mass is 10.1. The number of methoxy groups -OCH3 is 1. The summed E-state index contributed by atoms with van der Waals surface area (Å²) in [4.78, 5) is 10.7. The average Bonchev–Trinajstić information content (AvgIpc) is 2.28. The Balaban J connectivity index is 2.96. The maximum absolute atomic E-state index is 10.7. The van der Waals surface area contributed by atoms with Crippen molar-refractivity contribution in [3.63, 3.8) is 0 Å². The number of carboxylic acids is 1. The van der Waals surface area contributed by atoms with Crippen LogP contribution in [0.4, 0.5) is 0 Å². The molecule has 0 fully saturated rings. The summed E-state index contributed by atoms with van der Waals surface area (Å²) < 4.78 is 10.3. The maximum Gasteiger partial charge on any atom is 0.344 e. The standard InChI is InChI=1S/C12H16O5/c1-7(13)9-4-5-10(11(6-9)16-3)17-8(2)12(14)15/h4-8,13H,1-3H3,(H,14,15). The molecule has 5 nitrogen and oxygen atoms in total. The number of aliphatic hydroxyl groups is 1. The van der Waals surface area contributed by atoms with E-state index in [0.717, 1.165) is 0 Å². The Kier molecular flexibility index (Phi) is 4.34. The van der Waals surface area contributed by atoms with Gasteiger partial charge in [0.1, 0.15) is 0 Å². The molecule has 17 heavy (non-hydrogen) atoms. The summed E-state index contributed by atoms with van der Waals surface area (Å²) >= 11 is 0. The molecule has 0 amide bonds. The largest absolute Gasteiger partial charge is 0.493 e. The molecule has 5 heteroatoms. The molecular formula is C12H16O5. The van der Waals surface area contributed by atoms with E-state index in [0.29, 0.717) is 17.1 Å². The number of benzene rings is 1. The van der Waals surface area contributed by atoms with Crippen LogP contribution in [0.2, 0.25) is 0 Å².